The van der Waals surface area contributed by atoms with Crippen molar-refractivity contribution < 1.29 is 14.3 Å². The monoisotopic (exact) mass is 430 g/mol. The minimum Gasteiger partial charge on any atom is -0.490 e. The Morgan fingerprint density at radius 3 is 2.86 bits per heavy atom. The van der Waals surface area contributed by atoms with Crippen LogP contribution in [0.3, 0.4) is 0 Å². The van der Waals surface area contributed by atoms with Gasteiger partial charge >= 0.3 is 5.97 Å². The Labute approximate surface area is 179 Å². The summed E-state index contributed by atoms with van der Waals surface area (Å²) < 4.78 is 12.3. The van der Waals surface area contributed by atoms with E-state index in [1.807, 2.05) is 49.4 Å². The van der Waals surface area contributed by atoms with Crippen LogP contribution in [0.1, 0.15) is 25.3 Å². The van der Waals surface area contributed by atoms with Crippen molar-refractivity contribution in [1.29, 1.82) is 0 Å². The lowest BCUT2D eigenvalue weighted by Gasteiger charge is -2.32. The van der Waals surface area contributed by atoms with Crippen molar-refractivity contribution in [3.05, 3.63) is 53.1 Å². The van der Waals surface area contributed by atoms with Gasteiger partial charge in [-0.25, -0.2) is 4.98 Å². The van der Waals surface area contributed by atoms with Crippen LogP contribution in [0.15, 0.2) is 42.5 Å². The summed E-state index contributed by atoms with van der Waals surface area (Å²) >= 11 is 7.77. The molecule has 1 saturated heterocycles. The van der Waals surface area contributed by atoms with E-state index in [1.165, 1.54) is 0 Å². The molecule has 0 N–H and O–H groups in total. The highest BCUT2D eigenvalue weighted by atomic mass is 35.5. The van der Waals surface area contributed by atoms with E-state index in [9.17, 15) is 4.79 Å². The van der Waals surface area contributed by atoms with Gasteiger partial charge in [-0.3, -0.25) is 4.79 Å². The second kappa shape index (κ2) is 9.01. The number of rotatable bonds is 6. The fraction of sp³-hybridized carbons (Fsp3) is 0.364. The molecular formula is C22H23ClN2O3S. The molecule has 0 saturated carbocycles. The summed E-state index contributed by atoms with van der Waals surface area (Å²) in [6.07, 6.45) is 2.29. The number of carbonyl (C=O) groups excluding carboxylic acids is 1. The van der Waals surface area contributed by atoms with E-state index in [0.717, 1.165) is 57.6 Å². The van der Waals surface area contributed by atoms with Crippen molar-refractivity contribution in [3.63, 3.8) is 0 Å². The Bertz CT molecular complexity index is 999. The van der Waals surface area contributed by atoms with Gasteiger partial charge in [-0.05, 0) is 42.8 Å². The van der Waals surface area contributed by atoms with Crippen LogP contribution in [0, 0.1) is 0 Å². The van der Waals surface area contributed by atoms with Gasteiger partial charge < -0.3 is 14.4 Å². The number of piperidine rings is 1. The molecule has 2 aromatic carbocycles. The molecule has 1 aromatic heterocycles. The average molecular weight is 431 g/mol. The predicted octanol–water partition coefficient (Wildman–Crippen LogP) is 5.10. The number of ether oxygens (including phenoxy) is 2. The van der Waals surface area contributed by atoms with Gasteiger partial charge in [0.25, 0.3) is 0 Å². The second-order valence-corrected chi connectivity index (χ2v) is 8.49. The van der Waals surface area contributed by atoms with E-state index in [2.05, 4.69) is 4.90 Å². The zero-order valence-electron chi connectivity index (χ0n) is 16.3. The van der Waals surface area contributed by atoms with Crippen LogP contribution < -0.4 is 9.64 Å². The third kappa shape index (κ3) is 5.00. The van der Waals surface area contributed by atoms with Crippen LogP contribution in [0.5, 0.6) is 5.75 Å². The van der Waals surface area contributed by atoms with Gasteiger partial charge in [-0.1, -0.05) is 35.1 Å². The van der Waals surface area contributed by atoms with E-state index >= 15 is 0 Å². The minimum absolute atomic E-state index is 0.160. The number of anilines is 1. The molecule has 1 aliphatic rings. The van der Waals surface area contributed by atoms with Crippen LogP contribution >= 0.6 is 22.9 Å². The molecule has 1 fully saturated rings. The summed E-state index contributed by atoms with van der Waals surface area (Å²) in [6, 6.07) is 13.5. The van der Waals surface area contributed by atoms with Crippen molar-refractivity contribution in [2.75, 3.05) is 24.6 Å². The topological polar surface area (TPSA) is 51.7 Å². The molecule has 4 rings (SSSR count). The molecule has 152 valence electrons. The van der Waals surface area contributed by atoms with Gasteiger partial charge in [-0.15, -0.1) is 0 Å². The van der Waals surface area contributed by atoms with Gasteiger partial charge in [0.15, 0.2) is 5.13 Å². The zero-order chi connectivity index (χ0) is 20.2. The summed E-state index contributed by atoms with van der Waals surface area (Å²) in [5.74, 6) is 0.593. The smallest absolute Gasteiger partial charge is 0.310 e. The molecule has 7 heteroatoms. The second-order valence-electron chi connectivity index (χ2n) is 7.04. The largest absolute Gasteiger partial charge is 0.490 e. The molecule has 0 radical (unpaired) electrons. The Morgan fingerprint density at radius 1 is 1.24 bits per heavy atom. The normalized spacial score (nSPS) is 14.9. The Kier molecular flexibility index (Phi) is 6.21. The lowest BCUT2D eigenvalue weighted by Crippen LogP contribution is -2.38. The molecule has 0 bridgehead atoms. The molecule has 0 amide bonds. The van der Waals surface area contributed by atoms with E-state index in [1.54, 1.807) is 11.3 Å². The molecule has 0 atom stereocenters. The molecule has 29 heavy (non-hydrogen) atoms. The van der Waals surface area contributed by atoms with Gasteiger partial charge in [0.05, 0.1) is 23.2 Å². The highest BCUT2D eigenvalue weighted by molar-refractivity contribution is 7.22. The summed E-state index contributed by atoms with van der Waals surface area (Å²) in [6.45, 7) is 4.02. The average Bonchev–Trinajstić information content (AvgIpc) is 3.12. The van der Waals surface area contributed by atoms with Crippen molar-refractivity contribution in [1.82, 2.24) is 4.98 Å². The number of benzene rings is 2. The lowest BCUT2D eigenvalue weighted by molar-refractivity contribution is -0.142. The molecule has 0 aliphatic carbocycles. The zero-order valence-corrected chi connectivity index (χ0v) is 17.8. The molecular weight excluding hydrogens is 408 g/mol. The standard InChI is InChI=1S/C22H23ClN2O3S/c1-2-27-21(26)13-15-4-3-5-18(12-15)28-17-8-10-25(11-9-17)22-24-19-7-6-16(23)14-20(19)29-22/h3-7,12,14,17H,2,8-11,13H2,1H3. The Morgan fingerprint density at radius 2 is 2.07 bits per heavy atom. The minimum atomic E-state index is -0.213. The first-order valence-corrected chi connectivity index (χ1v) is 11.0. The number of halogens is 1. The number of carbonyl (C=O) groups is 1. The maximum atomic E-state index is 11.7. The summed E-state index contributed by atoms with van der Waals surface area (Å²) in [5, 5.41) is 1.78. The fourth-order valence-corrected chi connectivity index (χ4v) is 4.78. The maximum Gasteiger partial charge on any atom is 0.310 e. The Hall–Kier alpha value is -2.31. The first kappa shape index (κ1) is 20.0. The first-order chi connectivity index (χ1) is 14.1. The van der Waals surface area contributed by atoms with Gasteiger partial charge in [-0.2, -0.15) is 0 Å². The van der Waals surface area contributed by atoms with E-state index in [-0.39, 0.29) is 18.5 Å². The van der Waals surface area contributed by atoms with Gasteiger partial charge in [0.2, 0.25) is 0 Å². The van der Waals surface area contributed by atoms with Crippen molar-refractivity contribution >= 4 is 44.3 Å². The van der Waals surface area contributed by atoms with Crippen LogP contribution in [-0.2, 0) is 16.0 Å². The third-order valence-corrected chi connectivity index (χ3v) is 6.22. The van der Waals surface area contributed by atoms with Crippen LogP contribution in [0.2, 0.25) is 5.02 Å². The number of esters is 1. The quantitative estimate of drug-likeness (QED) is 0.509. The predicted molar refractivity (Wildman–Crippen MR) is 117 cm³/mol. The number of thiazole rings is 1. The number of hydrogen-bond donors (Lipinski definition) is 0. The third-order valence-electron chi connectivity index (χ3n) is 4.91. The van der Waals surface area contributed by atoms with Crippen molar-refractivity contribution in [2.24, 2.45) is 0 Å². The molecule has 5 nitrogen and oxygen atoms in total. The van der Waals surface area contributed by atoms with Gasteiger partial charge in [0.1, 0.15) is 11.9 Å². The highest BCUT2D eigenvalue weighted by Crippen LogP contribution is 2.32. The highest BCUT2D eigenvalue weighted by Gasteiger charge is 2.23. The first-order valence-electron chi connectivity index (χ1n) is 9.83. The maximum absolute atomic E-state index is 11.7. The Balaban J connectivity index is 1.34. The molecule has 0 spiro atoms. The molecule has 1 aliphatic heterocycles. The molecule has 3 aromatic rings. The lowest BCUT2D eigenvalue weighted by atomic mass is 10.1. The van der Waals surface area contributed by atoms with Gasteiger partial charge in [0, 0.05) is 31.0 Å². The fourth-order valence-electron chi connectivity index (χ4n) is 3.49. The SMILES string of the molecule is CCOC(=O)Cc1cccc(OC2CCN(c3nc4ccc(Cl)cc4s3)CC2)c1. The van der Waals surface area contributed by atoms with E-state index in [0.29, 0.717) is 6.61 Å². The summed E-state index contributed by atoms with van der Waals surface area (Å²) in [5.41, 5.74) is 1.90. The van der Waals surface area contributed by atoms with E-state index < -0.39 is 0 Å². The van der Waals surface area contributed by atoms with Crippen LogP contribution in [0.4, 0.5) is 5.13 Å². The van der Waals surface area contributed by atoms with E-state index in [4.69, 9.17) is 26.1 Å². The van der Waals surface area contributed by atoms with Crippen molar-refractivity contribution in [3.8, 4) is 5.75 Å². The molecule has 2 heterocycles. The number of hydrogen-bond acceptors (Lipinski definition) is 6. The van der Waals surface area contributed by atoms with Crippen LogP contribution in [0.25, 0.3) is 10.2 Å². The number of nitrogens with zero attached hydrogens (tertiary/aromatic N) is 2. The number of aromatic nitrogens is 1. The van der Waals surface area contributed by atoms with Crippen molar-refractivity contribution in [2.45, 2.75) is 32.3 Å². The summed E-state index contributed by atoms with van der Waals surface area (Å²) in [7, 11) is 0. The number of fused-ring (bicyclic) bond motifs is 1. The molecule has 0 unspecified atom stereocenters. The summed E-state index contributed by atoms with van der Waals surface area (Å²) in [4.78, 5) is 18.7. The van der Waals surface area contributed by atoms with Crippen LogP contribution in [-0.4, -0.2) is 36.8 Å².